The van der Waals surface area contributed by atoms with Gasteiger partial charge in [-0.25, -0.2) is 14.8 Å². The number of hydrogen-bond acceptors (Lipinski definition) is 6. The summed E-state index contributed by atoms with van der Waals surface area (Å²) in [5.74, 6) is 1.43. The Balaban J connectivity index is 1.87. The SMILES string of the molecule is CCOC(=O)c1sc2ncnc(NCCC3CC3)c2c1C. The first-order valence-electron chi connectivity index (χ1n) is 7.35. The van der Waals surface area contributed by atoms with Crippen LogP contribution in [0.2, 0.25) is 0 Å². The van der Waals surface area contributed by atoms with E-state index >= 15 is 0 Å². The van der Waals surface area contributed by atoms with Crippen LogP contribution in [0.1, 0.15) is 41.4 Å². The van der Waals surface area contributed by atoms with Crippen molar-refractivity contribution < 1.29 is 9.53 Å². The molecule has 0 aliphatic heterocycles. The molecule has 2 aromatic heterocycles. The minimum Gasteiger partial charge on any atom is -0.462 e. The topological polar surface area (TPSA) is 64.1 Å². The first kappa shape index (κ1) is 14.3. The molecular weight excluding hydrogens is 286 g/mol. The van der Waals surface area contributed by atoms with Crippen molar-refractivity contribution >= 4 is 33.3 Å². The molecule has 2 aromatic rings. The molecular formula is C15H19N3O2S. The van der Waals surface area contributed by atoms with Gasteiger partial charge < -0.3 is 10.1 Å². The molecule has 1 fully saturated rings. The van der Waals surface area contributed by atoms with Crippen LogP contribution in [0.15, 0.2) is 6.33 Å². The summed E-state index contributed by atoms with van der Waals surface area (Å²) >= 11 is 1.37. The summed E-state index contributed by atoms with van der Waals surface area (Å²) in [6.07, 6.45) is 5.43. The molecule has 0 radical (unpaired) electrons. The lowest BCUT2D eigenvalue weighted by molar-refractivity contribution is 0.0531. The van der Waals surface area contributed by atoms with Gasteiger partial charge in [-0.05, 0) is 31.7 Å². The Morgan fingerprint density at radius 1 is 1.48 bits per heavy atom. The van der Waals surface area contributed by atoms with Crippen molar-refractivity contribution in [2.75, 3.05) is 18.5 Å². The Hall–Kier alpha value is -1.69. The van der Waals surface area contributed by atoms with Crippen molar-refractivity contribution in [3.8, 4) is 0 Å². The second-order valence-corrected chi connectivity index (χ2v) is 6.34. The number of aryl methyl sites for hydroxylation is 1. The van der Waals surface area contributed by atoms with Gasteiger partial charge in [0.05, 0.1) is 12.0 Å². The highest BCUT2D eigenvalue weighted by Crippen LogP contribution is 2.35. The fourth-order valence-electron chi connectivity index (χ4n) is 2.40. The summed E-state index contributed by atoms with van der Waals surface area (Å²) in [6.45, 7) is 5.04. The number of hydrogen-bond donors (Lipinski definition) is 1. The third-order valence-electron chi connectivity index (χ3n) is 3.73. The third-order valence-corrected chi connectivity index (χ3v) is 4.91. The van der Waals surface area contributed by atoms with Crippen molar-refractivity contribution in [2.45, 2.75) is 33.1 Å². The second kappa shape index (κ2) is 5.97. The minimum atomic E-state index is -0.276. The number of nitrogens with one attached hydrogen (secondary N) is 1. The lowest BCUT2D eigenvalue weighted by Crippen LogP contribution is -2.06. The number of nitrogens with zero attached hydrogens (tertiary/aromatic N) is 2. The van der Waals surface area contributed by atoms with Crippen LogP contribution in [0.5, 0.6) is 0 Å². The molecule has 0 unspecified atom stereocenters. The van der Waals surface area contributed by atoms with Crippen LogP contribution in [0.25, 0.3) is 10.2 Å². The smallest absolute Gasteiger partial charge is 0.348 e. The standard InChI is InChI=1S/C15H19N3O2S/c1-3-20-15(19)12-9(2)11-13(16-7-6-10-4-5-10)17-8-18-14(11)21-12/h8,10H,3-7H2,1-2H3,(H,16,17,18). The fraction of sp³-hybridized carbons (Fsp3) is 0.533. The lowest BCUT2D eigenvalue weighted by atomic mass is 10.2. The predicted octanol–water partition coefficient (Wildman–Crippen LogP) is 3.39. The average molecular weight is 305 g/mol. The summed E-state index contributed by atoms with van der Waals surface area (Å²) in [5.41, 5.74) is 0.906. The zero-order valence-electron chi connectivity index (χ0n) is 12.3. The molecule has 2 heterocycles. The van der Waals surface area contributed by atoms with E-state index in [0.717, 1.165) is 34.1 Å². The molecule has 6 heteroatoms. The Labute approximate surface area is 127 Å². The van der Waals surface area contributed by atoms with Gasteiger partial charge in [-0.3, -0.25) is 0 Å². The van der Waals surface area contributed by atoms with Crippen molar-refractivity contribution in [2.24, 2.45) is 5.92 Å². The highest BCUT2D eigenvalue weighted by Gasteiger charge is 2.22. The van der Waals surface area contributed by atoms with Crippen LogP contribution in [0.3, 0.4) is 0 Å². The van der Waals surface area contributed by atoms with Crippen LogP contribution in [-0.2, 0) is 4.74 Å². The molecule has 1 aliphatic rings. The predicted molar refractivity (Wildman–Crippen MR) is 83.9 cm³/mol. The molecule has 0 atom stereocenters. The number of rotatable bonds is 6. The summed E-state index contributed by atoms with van der Waals surface area (Å²) < 4.78 is 5.10. The van der Waals surface area contributed by atoms with Gasteiger partial charge in [-0.15, -0.1) is 11.3 Å². The van der Waals surface area contributed by atoms with Gasteiger partial charge in [0.2, 0.25) is 0 Å². The molecule has 0 saturated heterocycles. The summed E-state index contributed by atoms with van der Waals surface area (Å²) in [6, 6.07) is 0. The molecule has 21 heavy (non-hydrogen) atoms. The van der Waals surface area contributed by atoms with Gasteiger partial charge in [0.1, 0.15) is 21.9 Å². The molecule has 0 spiro atoms. The Morgan fingerprint density at radius 3 is 3.00 bits per heavy atom. The van der Waals surface area contributed by atoms with E-state index in [1.807, 2.05) is 13.8 Å². The van der Waals surface area contributed by atoms with Crippen molar-refractivity contribution in [3.63, 3.8) is 0 Å². The van der Waals surface area contributed by atoms with Gasteiger partial charge in [-0.2, -0.15) is 0 Å². The summed E-state index contributed by atoms with van der Waals surface area (Å²) in [7, 11) is 0. The van der Waals surface area contributed by atoms with Gasteiger partial charge in [-0.1, -0.05) is 12.8 Å². The molecule has 112 valence electrons. The van der Waals surface area contributed by atoms with E-state index in [4.69, 9.17) is 4.74 Å². The molecule has 3 rings (SSSR count). The van der Waals surface area contributed by atoms with E-state index in [9.17, 15) is 4.79 Å². The van der Waals surface area contributed by atoms with E-state index in [1.54, 1.807) is 6.33 Å². The molecule has 0 bridgehead atoms. The maximum absolute atomic E-state index is 12.0. The number of aromatic nitrogens is 2. The Bertz CT molecular complexity index is 664. The van der Waals surface area contributed by atoms with Crippen molar-refractivity contribution in [1.82, 2.24) is 9.97 Å². The summed E-state index contributed by atoms with van der Waals surface area (Å²) in [5, 5.41) is 4.33. The maximum Gasteiger partial charge on any atom is 0.348 e. The number of thiophene rings is 1. The molecule has 1 saturated carbocycles. The van der Waals surface area contributed by atoms with Gasteiger partial charge in [0, 0.05) is 6.54 Å². The fourth-order valence-corrected chi connectivity index (χ4v) is 3.44. The zero-order valence-corrected chi connectivity index (χ0v) is 13.1. The van der Waals surface area contributed by atoms with Crippen molar-refractivity contribution in [3.05, 3.63) is 16.8 Å². The first-order chi connectivity index (χ1) is 10.2. The van der Waals surface area contributed by atoms with Crippen LogP contribution >= 0.6 is 11.3 Å². The molecule has 5 nitrogen and oxygen atoms in total. The number of fused-ring (bicyclic) bond motifs is 1. The number of carbonyl (C=O) groups is 1. The second-order valence-electron chi connectivity index (χ2n) is 5.34. The highest BCUT2D eigenvalue weighted by atomic mass is 32.1. The van der Waals surface area contributed by atoms with Crippen LogP contribution in [0, 0.1) is 12.8 Å². The minimum absolute atomic E-state index is 0.276. The van der Waals surface area contributed by atoms with E-state index < -0.39 is 0 Å². The van der Waals surface area contributed by atoms with E-state index in [-0.39, 0.29) is 5.97 Å². The zero-order chi connectivity index (χ0) is 14.8. The van der Waals surface area contributed by atoms with Gasteiger partial charge in [0.25, 0.3) is 0 Å². The monoisotopic (exact) mass is 305 g/mol. The number of esters is 1. The quantitative estimate of drug-likeness (QED) is 0.829. The Kier molecular flexibility index (Phi) is 4.05. The summed E-state index contributed by atoms with van der Waals surface area (Å²) in [4.78, 5) is 22.1. The number of ether oxygens (including phenoxy) is 1. The van der Waals surface area contributed by atoms with E-state index in [2.05, 4.69) is 15.3 Å². The number of carbonyl (C=O) groups excluding carboxylic acids is 1. The van der Waals surface area contributed by atoms with Crippen LogP contribution < -0.4 is 5.32 Å². The number of anilines is 1. The molecule has 0 aromatic carbocycles. The highest BCUT2D eigenvalue weighted by molar-refractivity contribution is 7.20. The average Bonchev–Trinajstić information content (AvgIpc) is 3.22. The maximum atomic E-state index is 12.0. The van der Waals surface area contributed by atoms with Crippen LogP contribution in [0.4, 0.5) is 5.82 Å². The van der Waals surface area contributed by atoms with Crippen LogP contribution in [-0.4, -0.2) is 29.1 Å². The van der Waals surface area contributed by atoms with Crippen molar-refractivity contribution in [1.29, 1.82) is 0 Å². The third kappa shape index (κ3) is 3.00. The Morgan fingerprint density at radius 2 is 2.29 bits per heavy atom. The largest absolute Gasteiger partial charge is 0.462 e. The molecule has 1 aliphatic carbocycles. The van der Waals surface area contributed by atoms with Gasteiger partial charge in [0.15, 0.2) is 0 Å². The van der Waals surface area contributed by atoms with E-state index in [0.29, 0.717) is 11.5 Å². The normalized spacial score (nSPS) is 14.4. The van der Waals surface area contributed by atoms with E-state index in [1.165, 1.54) is 30.6 Å². The first-order valence-corrected chi connectivity index (χ1v) is 8.17. The molecule has 0 amide bonds. The molecule has 1 N–H and O–H groups in total. The van der Waals surface area contributed by atoms with Gasteiger partial charge >= 0.3 is 5.97 Å². The lowest BCUT2D eigenvalue weighted by Gasteiger charge is -2.06.